The van der Waals surface area contributed by atoms with Crippen molar-refractivity contribution in [2.45, 2.75) is 51.4 Å². The molecule has 22 heavy (non-hydrogen) atoms. The van der Waals surface area contributed by atoms with Crippen molar-refractivity contribution in [1.82, 2.24) is 0 Å². The molecule has 0 bridgehead atoms. The molecule has 0 aliphatic heterocycles. The molecule has 0 amide bonds. The Hall–Kier alpha value is -0.640. The van der Waals surface area contributed by atoms with Gasteiger partial charge >= 0.3 is 0 Å². The third-order valence-corrected chi connectivity index (χ3v) is 4.14. The van der Waals surface area contributed by atoms with Gasteiger partial charge in [-0.3, -0.25) is 0 Å². The highest BCUT2D eigenvalue weighted by Gasteiger charge is 2.45. The van der Waals surface area contributed by atoms with Crippen LogP contribution in [-0.4, -0.2) is 62.6 Å². The zero-order chi connectivity index (χ0) is 16.4. The molecule has 1 saturated carbocycles. The summed E-state index contributed by atoms with van der Waals surface area (Å²) in [5.74, 6) is 2.39. The Bertz CT molecular complexity index is 340. The lowest BCUT2D eigenvalue weighted by atomic mass is 9.73. The van der Waals surface area contributed by atoms with Gasteiger partial charge in [0.25, 0.3) is 0 Å². The van der Waals surface area contributed by atoms with Gasteiger partial charge in [-0.25, -0.2) is 0 Å². The maximum absolute atomic E-state index is 10.6. The molecule has 0 saturated heterocycles. The van der Waals surface area contributed by atoms with Gasteiger partial charge in [0.05, 0.1) is 38.6 Å². The summed E-state index contributed by atoms with van der Waals surface area (Å²) in [5, 5.41) is 10.6. The normalized spacial score (nSPS) is 31.9. The van der Waals surface area contributed by atoms with Gasteiger partial charge in [-0.1, -0.05) is 12.8 Å². The minimum Gasteiger partial charge on any atom is -0.379 e. The van der Waals surface area contributed by atoms with Crippen LogP contribution in [0, 0.1) is 18.3 Å². The Morgan fingerprint density at radius 1 is 1.09 bits per heavy atom. The largest absolute Gasteiger partial charge is 0.379 e. The molecule has 1 rings (SSSR count). The second kappa shape index (κ2) is 10.2. The summed E-state index contributed by atoms with van der Waals surface area (Å²) < 4.78 is 22.2. The van der Waals surface area contributed by atoms with Crippen molar-refractivity contribution >= 4 is 0 Å². The number of hydrogen-bond acceptors (Lipinski definition) is 5. The standard InChI is InChI=1S/C17H30O5/c1-5-17(18)13-15(21-10-8-19-6-2)12-16(14(17)4)22-11-9-20-7-3/h1,14-16,18H,6-13H2,2-4H3/t14?,15-,16-,17?/m0/s1. The van der Waals surface area contributed by atoms with Gasteiger partial charge in [0.15, 0.2) is 0 Å². The van der Waals surface area contributed by atoms with E-state index < -0.39 is 5.60 Å². The summed E-state index contributed by atoms with van der Waals surface area (Å²) in [6.07, 6.45) is 6.45. The van der Waals surface area contributed by atoms with Crippen molar-refractivity contribution in [3.8, 4) is 12.3 Å². The first-order valence-electron chi connectivity index (χ1n) is 8.16. The molecule has 1 aliphatic rings. The molecule has 5 heteroatoms. The number of rotatable bonds is 10. The van der Waals surface area contributed by atoms with Crippen molar-refractivity contribution in [2.24, 2.45) is 5.92 Å². The maximum Gasteiger partial charge on any atom is 0.132 e. The molecule has 0 radical (unpaired) electrons. The molecule has 0 aromatic carbocycles. The number of ether oxygens (including phenoxy) is 4. The van der Waals surface area contributed by atoms with E-state index in [0.717, 1.165) is 6.42 Å². The van der Waals surface area contributed by atoms with Crippen LogP contribution in [0.1, 0.15) is 33.6 Å². The highest BCUT2D eigenvalue weighted by Crippen LogP contribution is 2.36. The van der Waals surface area contributed by atoms with Crippen LogP contribution in [0.3, 0.4) is 0 Å². The van der Waals surface area contributed by atoms with Crippen molar-refractivity contribution in [3.05, 3.63) is 0 Å². The third-order valence-electron chi connectivity index (χ3n) is 4.14. The topological polar surface area (TPSA) is 57.2 Å². The lowest BCUT2D eigenvalue weighted by molar-refractivity contribution is -0.146. The minimum absolute atomic E-state index is 0.116. The summed E-state index contributed by atoms with van der Waals surface area (Å²) >= 11 is 0. The predicted molar refractivity (Wildman–Crippen MR) is 84.6 cm³/mol. The lowest BCUT2D eigenvalue weighted by Gasteiger charge is -2.43. The molecule has 0 aromatic rings. The van der Waals surface area contributed by atoms with Crippen LogP contribution in [-0.2, 0) is 18.9 Å². The van der Waals surface area contributed by atoms with Gasteiger partial charge in [0.1, 0.15) is 5.60 Å². The Labute approximate surface area is 134 Å². The van der Waals surface area contributed by atoms with E-state index in [1.807, 2.05) is 20.8 Å². The van der Waals surface area contributed by atoms with Crippen molar-refractivity contribution in [2.75, 3.05) is 39.6 Å². The van der Waals surface area contributed by atoms with E-state index in [1.54, 1.807) is 0 Å². The molecule has 1 fully saturated rings. The molecule has 2 unspecified atom stereocenters. The average Bonchev–Trinajstić information content (AvgIpc) is 2.52. The summed E-state index contributed by atoms with van der Waals surface area (Å²) in [6.45, 7) is 9.25. The van der Waals surface area contributed by atoms with E-state index in [-0.39, 0.29) is 18.1 Å². The van der Waals surface area contributed by atoms with Crippen molar-refractivity contribution in [3.63, 3.8) is 0 Å². The molecule has 1 N–H and O–H groups in total. The average molecular weight is 314 g/mol. The summed E-state index contributed by atoms with van der Waals surface area (Å²) in [7, 11) is 0. The highest BCUT2D eigenvalue weighted by molar-refractivity contribution is 5.14. The summed E-state index contributed by atoms with van der Waals surface area (Å²) in [5.41, 5.74) is -1.19. The monoisotopic (exact) mass is 314 g/mol. The van der Waals surface area contributed by atoms with Gasteiger partial charge in [-0.05, 0) is 13.8 Å². The molecule has 0 spiro atoms. The Kier molecular flexibility index (Phi) is 8.99. The van der Waals surface area contributed by atoms with E-state index in [0.29, 0.717) is 46.1 Å². The maximum atomic E-state index is 10.6. The molecule has 0 aromatic heterocycles. The number of terminal acetylenes is 1. The van der Waals surface area contributed by atoms with Crippen LogP contribution in [0.15, 0.2) is 0 Å². The first-order chi connectivity index (χ1) is 10.6. The first-order valence-corrected chi connectivity index (χ1v) is 8.16. The van der Waals surface area contributed by atoms with Crippen molar-refractivity contribution < 1.29 is 24.1 Å². The van der Waals surface area contributed by atoms with E-state index in [4.69, 9.17) is 25.4 Å². The zero-order valence-electron chi connectivity index (χ0n) is 14.0. The van der Waals surface area contributed by atoms with E-state index >= 15 is 0 Å². The van der Waals surface area contributed by atoms with E-state index in [2.05, 4.69) is 5.92 Å². The Morgan fingerprint density at radius 2 is 1.68 bits per heavy atom. The SMILES string of the molecule is C#CC1(O)C[C@@H](OCCOCC)C[C@H](OCCOCC)C1C. The molecule has 4 atom stereocenters. The fourth-order valence-electron chi connectivity index (χ4n) is 2.74. The van der Waals surface area contributed by atoms with E-state index in [9.17, 15) is 5.11 Å². The lowest BCUT2D eigenvalue weighted by Crippen LogP contribution is -2.51. The molecule has 0 heterocycles. The van der Waals surface area contributed by atoms with Gasteiger partial charge in [-0.15, -0.1) is 6.42 Å². The molecule has 1 aliphatic carbocycles. The Morgan fingerprint density at radius 3 is 2.23 bits per heavy atom. The quantitative estimate of drug-likeness (QED) is 0.490. The van der Waals surface area contributed by atoms with Gasteiger partial charge < -0.3 is 24.1 Å². The molecule has 5 nitrogen and oxygen atoms in total. The van der Waals surface area contributed by atoms with Gasteiger partial charge in [-0.2, -0.15) is 0 Å². The second-order valence-electron chi connectivity index (χ2n) is 5.59. The van der Waals surface area contributed by atoms with Crippen LogP contribution in [0.5, 0.6) is 0 Å². The van der Waals surface area contributed by atoms with Crippen molar-refractivity contribution in [1.29, 1.82) is 0 Å². The summed E-state index contributed by atoms with van der Waals surface area (Å²) in [6, 6.07) is 0. The highest BCUT2D eigenvalue weighted by atomic mass is 16.5. The molecule has 128 valence electrons. The van der Waals surface area contributed by atoms with Crippen LogP contribution in [0.2, 0.25) is 0 Å². The molecular weight excluding hydrogens is 284 g/mol. The smallest absolute Gasteiger partial charge is 0.132 e. The number of hydrogen-bond donors (Lipinski definition) is 1. The van der Waals surface area contributed by atoms with Gasteiger partial charge in [0, 0.05) is 32.0 Å². The Balaban J connectivity index is 2.52. The second-order valence-corrected chi connectivity index (χ2v) is 5.59. The fourth-order valence-corrected chi connectivity index (χ4v) is 2.74. The summed E-state index contributed by atoms with van der Waals surface area (Å²) in [4.78, 5) is 0. The first kappa shape index (κ1) is 19.4. The van der Waals surface area contributed by atoms with E-state index in [1.165, 1.54) is 0 Å². The van der Waals surface area contributed by atoms with Crippen LogP contribution < -0.4 is 0 Å². The minimum atomic E-state index is -1.19. The third kappa shape index (κ3) is 5.86. The zero-order valence-corrected chi connectivity index (χ0v) is 14.0. The predicted octanol–water partition coefficient (Wildman–Crippen LogP) is 1.62. The molecular formula is C17H30O5. The van der Waals surface area contributed by atoms with Crippen LogP contribution >= 0.6 is 0 Å². The van der Waals surface area contributed by atoms with Gasteiger partial charge in [0.2, 0.25) is 0 Å². The van der Waals surface area contributed by atoms with Crippen LogP contribution in [0.25, 0.3) is 0 Å². The fraction of sp³-hybridized carbons (Fsp3) is 0.882. The van der Waals surface area contributed by atoms with Crippen LogP contribution in [0.4, 0.5) is 0 Å². The number of aliphatic hydroxyl groups is 1.